The zero-order valence-electron chi connectivity index (χ0n) is 19.7. The normalized spacial score (nSPS) is 26.1. The first-order valence-electron chi connectivity index (χ1n) is 12.0. The molecule has 1 heterocycles. The van der Waals surface area contributed by atoms with Gasteiger partial charge in [-0.1, -0.05) is 32.1 Å². The highest BCUT2D eigenvalue weighted by Gasteiger charge is 2.50. The zero-order chi connectivity index (χ0) is 22.7. The number of nitrogens with zero attached hydrogens (tertiary/aromatic N) is 1. The average molecular weight is 443 g/mol. The SMILES string of the molecule is COc1ccccc1NC(=O)C1CCN(CC(O)COCC2=CCC3CC2C3(C)C)CC1. The number of fused-ring (bicyclic) bond motifs is 1. The van der Waals surface area contributed by atoms with Gasteiger partial charge in [-0.25, -0.2) is 0 Å². The lowest BCUT2D eigenvalue weighted by atomic mass is 9.49. The lowest BCUT2D eigenvalue weighted by Gasteiger charge is -2.56. The van der Waals surface area contributed by atoms with Crippen molar-refractivity contribution < 1.29 is 19.4 Å². The Morgan fingerprint density at radius 3 is 2.72 bits per heavy atom. The summed E-state index contributed by atoms with van der Waals surface area (Å²) in [5.74, 6) is 2.18. The molecule has 2 N–H and O–H groups in total. The quantitative estimate of drug-likeness (QED) is 0.571. The highest BCUT2D eigenvalue weighted by atomic mass is 16.5. The van der Waals surface area contributed by atoms with Crippen LogP contribution in [0.25, 0.3) is 0 Å². The van der Waals surface area contributed by atoms with Gasteiger partial charge in [0.05, 0.1) is 32.1 Å². The Balaban J connectivity index is 1.15. The molecule has 2 fully saturated rings. The van der Waals surface area contributed by atoms with Crippen LogP contribution in [0.5, 0.6) is 5.75 Å². The maximum absolute atomic E-state index is 12.7. The number of carbonyl (C=O) groups excluding carboxylic acids is 1. The molecular formula is C26H38N2O4. The van der Waals surface area contributed by atoms with E-state index in [0.29, 0.717) is 42.5 Å². The van der Waals surface area contributed by atoms with Crippen LogP contribution in [0.15, 0.2) is 35.9 Å². The highest BCUT2D eigenvalue weighted by molar-refractivity contribution is 5.94. The zero-order valence-corrected chi connectivity index (χ0v) is 19.7. The molecule has 176 valence electrons. The topological polar surface area (TPSA) is 71.0 Å². The highest BCUT2D eigenvalue weighted by Crippen LogP contribution is 2.59. The molecule has 0 radical (unpaired) electrons. The molecule has 32 heavy (non-hydrogen) atoms. The first kappa shape index (κ1) is 23.3. The number of hydrogen-bond donors (Lipinski definition) is 2. The average Bonchev–Trinajstić information content (AvgIpc) is 2.80. The van der Waals surface area contributed by atoms with Crippen molar-refractivity contribution in [2.45, 2.75) is 45.6 Å². The van der Waals surface area contributed by atoms with Gasteiger partial charge in [0, 0.05) is 12.5 Å². The van der Waals surface area contributed by atoms with Gasteiger partial charge in [-0.15, -0.1) is 0 Å². The molecule has 3 atom stereocenters. The van der Waals surface area contributed by atoms with Crippen LogP contribution < -0.4 is 10.1 Å². The van der Waals surface area contributed by atoms with Crippen LogP contribution in [-0.4, -0.2) is 62.0 Å². The number of para-hydroxylation sites is 2. The smallest absolute Gasteiger partial charge is 0.227 e. The Kier molecular flexibility index (Phi) is 7.23. The van der Waals surface area contributed by atoms with Crippen molar-refractivity contribution in [2.75, 3.05) is 45.3 Å². The minimum absolute atomic E-state index is 0.0162. The molecule has 0 spiro atoms. The van der Waals surface area contributed by atoms with E-state index in [2.05, 4.69) is 30.1 Å². The summed E-state index contributed by atoms with van der Waals surface area (Å²) < 4.78 is 11.2. The number of amides is 1. The van der Waals surface area contributed by atoms with Crippen molar-refractivity contribution in [1.82, 2.24) is 4.90 Å². The van der Waals surface area contributed by atoms with Crippen LogP contribution in [0.4, 0.5) is 5.69 Å². The summed E-state index contributed by atoms with van der Waals surface area (Å²) in [6.45, 7) is 7.96. The van der Waals surface area contributed by atoms with Crippen LogP contribution in [0.3, 0.4) is 0 Å². The standard InChI is InChI=1S/C26H38N2O4/c1-26(2)20-9-8-19(22(26)14-20)16-32-17-21(29)15-28-12-10-18(11-13-28)25(30)27-23-6-4-5-7-24(23)31-3/h4-8,18,20-22,29H,9-17H2,1-3H3,(H,27,30). The molecule has 6 heteroatoms. The molecule has 1 saturated carbocycles. The number of likely N-dealkylation sites (tertiary alicyclic amines) is 1. The number of rotatable bonds is 9. The molecule has 1 amide bonds. The molecule has 1 aromatic carbocycles. The predicted molar refractivity (Wildman–Crippen MR) is 126 cm³/mol. The summed E-state index contributed by atoms with van der Waals surface area (Å²) in [4.78, 5) is 14.9. The van der Waals surface area contributed by atoms with Crippen molar-refractivity contribution in [1.29, 1.82) is 0 Å². The minimum atomic E-state index is -0.500. The van der Waals surface area contributed by atoms with E-state index < -0.39 is 6.10 Å². The van der Waals surface area contributed by atoms with Crippen molar-refractivity contribution in [3.63, 3.8) is 0 Å². The number of aliphatic hydroxyl groups is 1. The Hall–Kier alpha value is -1.89. The van der Waals surface area contributed by atoms with Crippen molar-refractivity contribution in [2.24, 2.45) is 23.2 Å². The first-order valence-corrected chi connectivity index (χ1v) is 12.0. The maximum Gasteiger partial charge on any atom is 0.227 e. The van der Waals surface area contributed by atoms with Gasteiger partial charge in [0.2, 0.25) is 5.91 Å². The molecule has 3 unspecified atom stereocenters. The minimum Gasteiger partial charge on any atom is -0.495 e. The fourth-order valence-electron chi connectivity index (χ4n) is 5.66. The number of ether oxygens (including phenoxy) is 2. The fourth-order valence-corrected chi connectivity index (χ4v) is 5.66. The van der Waals surface area contributed by atoms with Gasteiger partial charge in [0.15, 0.2) is 0 Å². The molecule has 1 aromatic rings. The number of anilines is 1. The largest absolute Gasteiger partial charge is 0.495 e. The van der Waals surface area contributed by atoms with Crippen LogP contribution in [-0.2, 0) is 9.53 Å². The van der Waals surface area contributed by atoms with E-state index >= 15 is 0 Å². The molecule has 1 saturated heterocycles. The van der Waals surface area contributed by atoms with E-state index in [4.69, 9.17) is 9.47 Å². The Morgan fingerprint density at radius 1 is 1.28 bits per heavy atom. The third-order valence-electron chi connectivity index (χ3n) is 7.95. The van der Waals surface area contributed by atoms with E-state index in [9.17, 15) is 9.90 Å². The van der Waals surface area contributed by atoms with Crippen molar-refractivity contribution in [3.05, 3.63) is 35.9 Å². The van der Waals surface area contributed by atoms with Gasteiger partial charge in [-0.2, -0.15) is 0 Å². The number of carbonyl (C=O) groups is 1. The summed E-state index contributed by atoms with van der Waals surface area (Å²) in [6, 6.07) is 7.47. The summed E-state index contributed by atoms with van der Waals surface area (Å²) in [5.41, 5.74) is 2.55. The molecule has 1 aliphatic heterocycles. The van der Waals surface area contributed by atoms with E-state index in [-0.39, 0.29) is 11.8 Å². The lowest BCUT2D eigenvalue weighted by molar-refractivity contribution is -0.121. The number of nitrogens with one attached hydrogen (secondary N) is 1. The Morgan fingerprint density at radius 2 is 2.03 bits per heavy atom. The number of allylic oxidation sites excluding steroid dienone is 1. The molecular weight excluding hydrogens is 404 g/mol. The van der Waals surface area contributed by atoms with E-state index in [1.54, 1.807) is 7.11 Å². The van der Waals surface area contributed by atoms with Gasteiger partial charge in [0.25, 0.3) is 0 Å². The van der Waals surface area contributed by atoms with E-state index in [1.807, 2.05) is 24.3 Å². The molecule has 5 rings (SSSR count). The summed E-state index contributed by atoms with van der Waals surface area (Å²) >= 11 is 0. The second-order valence-corrected chi connectivity index (χ2v) is 10.3. The van der Waals surface area contributed by atoms with E-state index in [1.165, 1.54) is 18.4 Å². The molecule has 6 nitrogen and oxygen atoms in total. The number of hydrogen-bond acceptors (Lipinski definition) is 5. The fraction of sp³-hybridized carbons (Fsp3) is 0.654. The monoisotopic (exact) mass is 442 g/mol. The maximum atomic E-state index is 12.7. The second-order valence-electron chi connectivity index (χ2n) is 10.3. The van der Waals surface area contributed by atoms with Crippen LogP contribution in [0.1, 0.15) is 39.5 Å². The summed E-state index contributed by atoms with van der Waals surface area (Å²) in [5, 5.41) is 13.5. The lowest BCUT2D eigenvalue weighted by Crippen LogP contribution is -2.48. The summed E-state index contributed by atoms with van der Waals surface area (Å²) in [7, 11) is 1.61. The number of methoxy groups -OCH3 is 1. The van der Waals surface area contributed by atoms with Gasteiger partial charge in [-0.3, -0.25) is 4.79 Å². The second kappa shape index (κ2) is 9.94. The van der Waals surface area contributed by atoms with Gasteiger partial charge in [0.1, 0.15) is 5.75 Å². The van der Waals surface area contributed by atoms with Gasteiger partial charge in [-0.05, 0) is 73.7 Å². The summed E-state index contributed by atoms with van der Waals surface area (Å²) in [6.07, 6.45) is 5.91. The van der Waals surface area contributed by atoms with Crippen molar-refractivity contribution >= 4 is 11.6 Å². The number of piperidine rings is 1. The third kappa shape index (κ3) is 5.03. The Bertz CT molecular complexity index is 829. The predicted octanol–water partition coefficient (Wildman–Crippen LogP) is 3.72. The van der Waals surface area contributed by atoms with Gasteiger partial charge < -0.3 is 24.8 Å². The van der Waals surface area contributed by atoms with Gasteiger partial charge >= 0.3 is 0 Å². The van der Waals surface area contributed by atoms with E-state index in [0.717, 1.165) is 31.8 Å². The molecule has 2 bridgehead atoms. The molecule has 0 aromatic heterocycles. The van der Waals surface area contributed by atoms with Crippen LogP contribution in [0.2, 0.25) is 0 Å². The van der Waals surface area contributed by atoms with Crippen LogP contribution >= 0.6 is 0 Å². The number of benzene rings is 1. The number of β-amino-alcohol motifs (C(OH)–C–C–N with tert-alkyl or cyclic N) is 1. The Labute approximate surface area is 192 Å². The molecule has 3 aliphatic carbocycles. The first-order chi connectivity index (χ1) is 15.4. The number of aliphatic hydroxyl groups excluding tert-OH is 1. The van der Waals surface area contributed by atoms with Crippen molar-refractivity contribution in [3.8, 4) is 5.75 Å². The molecule has 4 aliphatic rings. The third-order valence-corrected chi connectivity index (χ3v) is 7.95. The van der Waals surface area contributed by atoms with Crippen LogP contribution in [0, 0.1) is 23.2 Å².